The Kier molecular flexibility index (Phi) is 10.5. The lowest BCUT2D eigenvalue weighted by molar-refractivity contribution is -0.145. The second-order valence-electron chi connectivity index (χ2n) is 7.37. The summed E-state index contributed by atoms with van der Waals surface area (Å²) in [6.07, 6.45) is 1.18. The van der Waals surface area contributed by atoms with Crippen LogP contribution in [0.5, 0.6) is 0 Å². The van der Waals surface area contributed by atoms with E-state index in [0.29, 0.717) is 12.8 Å². The molecule has 1 rings (SSSR count). The molecule has 0 heterocycles. The number of carbonyl (C=O) groups excluding carboxylic acids is 3. The first kappa shape index (κ1) is 25.6. The van der Waals surface area contributed by atoms with Crippen molar-refractivity contribution in [1.82, 2.24) is 10.6 Å². The zero-order valence-corrected chi connectivity index (χ0v) is 18.6. The molecule has 8 nitrogen and oxygen atoms in total. The highest BCUT2D eigenvalue weighted by Crippen LogP contribution is 2.19. The number of hydrogen-bond donors (Lipinski definition) is 3. The number of carboxylic acids is 1. The summed E-state index contributed by atoms with van der Waals surface area (Å²) in [4.78, 5) is 48.1. The van der Waals surface area contributed by atoms with Gasteiger partial charge in [-0.25, -0.2) is 4.79 Å². The van der Waals surface area contributed by atoms with Crippen LogP contribution in [0.3, 0.4) is 0 Å². The van der Waals surface area contributed by atoms with E-state index in [1.165, 1.54) is 20.8 Å². The summed E-state index contributed by atoms with van der Waals surface area (Å²) >= 11 is 0.916. The molecule has 9 heteroatoms. The number of thioether (sulfide) groups is 1. The molecule has 0 aliphatic heterocycles. The number of carboxylic acid groups (broad SMARTS) is 1. The topological polar surface area (TPSA) is 122 Å². The molecule has 0 radical (unpaired) electrons. The Morgan fingerprint density at radius 1 is 1.17 bits per heavy atom. The maximum absolute atomic E-state index is 12.6. The molecule has 0 saturated carbocycles. The lowest BCUT2D eigenvalue weighted by Gasteiger charge is -2.28. The largest absolute Gasteiger partial charge is 0.480 e. The van der Waals surface area contributed by atoms with Crippen LogP contribution in [0.1, 0.15) is 46.1 Å². The van der Waals surface area contributed by atoms with Gasteiger partial charge < -0.3 is 20.5 Å². The first-order valence-corrected chi connectivity index (χ1v) is 10.6. The molecule has 3 N–H and O–H groups in total. The molecule has 0 fully saturated rings. The molecule has 2 atom stereocenters. The van der Waals surface area contributed by atoms with Crippen molar-refractivity contribution in [3.63, 3.8) is 0 Å². The number of rotatable bonds is 12. The number of amides is 2. The van der Waals surface area contributed by atoms with Crippen molar-refractivity contribution in [1.29, 1.82) is 0 Å². The van der Waals surface area contributed by atoms with Crippen molar-refractivity contribution in [2.45, 2.75) is 64.0 Å². The summed E-state index contributed by atoms with van der Waals surface area (Å²) in [5.74, 6) is -2.34. The fourth-order valence-corrected chi connectivity index (χ4v) is 3.45. The molecule has 1 aromatic rings. The predicted molar refractivity (Wildman–Crippen MR) is 115 cm³/mol. The van der Waals surface area contributed by atoms with E-state index in [9.17, 15) is 24.3 Å². The minimum absolute atomic E-state index is 0.188. The fraction of sp³-hybridized carbons (Fsp3) is 0.524. The van der Waals surface area contributed by atoms with Crippen LogP contribution in [0.2, 0.25) is 0 Å². The smallest absolute Gasteiger partial charge is 0.328 e. The van der Waals surface area contributed by atoms with Gasteiger partial charge in [-0.3, -0.25) is 14.4 Å². The molecule has 1 aromatic carbocycles. The molecule has 0 spiro atoms. The summed E-state index contributed by atoms with van der Waals surface area (Å²) in [5.41, 5.74) is -0.487. The van der Waals surface area contributed by atoms with Crippen LogP contribution < -0.4 is 10.6 Å². The number of ether oxygens (including phenoxy) is 1. The molecular weight excluding hydrogens is 408 g/mol. The maximum Gasteiger partial charge on any atom is 0.328 e. The Morgan fingerprint density at radius 2 is 1.80 bits per heavy atom. The van der Waals surface area contributed by atoms with Crippen LogP contribution in [0.15, 0.2) is 30.3 Å². The van der Waals surface area contributed by atoms with Crippen molar-refractivity contribution in [2.24, 2.45) is 0 Å². The highest BCUT2D eigenvalue weighted by molar-refractivity contribution is 8.14. The van der Waals surface area contributed by atoms with Crippen LogP contribution in [-0.2, 0) is 30.5 Å². The van der Waals surface area contributed by atoms with Gasteiger partial charge in [0.25, 0.3) is 0 Å². The van der Waals surface area contributed by atoms with Crippen LogP contribution in [0.25, 0.3) is 0 Å². The van der Waals surface area contributed by atoms with E-state index in [1.54, 1.807) is 0 Å². The number of benzene rings is 1. The zero-order chi connectivity index (χ0) is 22.7. The number of hydrogen-bond acceptors (Lipinski definition) is 6. The Balaban J connectivity index is 2.68. The maximum atomic E-state index is 12.6. The van der Waals surface area contributed by atoms with Crippen LogP contribution >= 0.6 is 11.8 Å². The van der Waals surface area contributed by atoms with Gasteiger partial charge in [-0.2, -0.15) is 0 Å². The van der Waals surface area contributed by atoms with Crippen molar-refractivity contribution >= 4 is 34.7 Å². The average molecular weight is 439 g/mol. The Morgan fingerprint density at radius 3 is 2.33 bits per heavy atom. The zero-order valence-electron chi connectivity index (χ0n) is 17.8. The van der Waals surface area contributed by atoms with Gasteiger partial charge in [0.1, 0.15) is 5.54 Å². The number of carbonyl (C=O) groups is 4. The molecule has 0 unspecified atom stereocenters. The Hall–Kier alpha value is -2.39. The number of nitrogens with one attached hydrogen (secondary N) is 2. The summed E-state index contributed by atoms with van der Waals surface area (Å²) < 4.78 is 5.43. The van der Waals surface area contributed by atoms with E-state index < -0.39 is 34.6 Å². The van der Waals surface area contributed by atoms with Gasteiger partial charge in [-0.05, 0) is 25.8 Å². The third kappa shape index (κ3) is 8.96. The molecule has 0 aliphatic carbocycles. The van der Waals surface area contributed by atoms with E-state index in [1.807, 2.05) is 37.3 Å². The normalized spacial score (nSPS) is 13.2. The third-order valence-corrected chi connectivity index (χ3v) is 5.22. The fourth-order valence-electron chi connectivity index (χ4n) is 2.53. The molecule has 0 aromatic heterocycles. The first-order chi connectivity index (χ1) is 14.1. The van der Waals surface area contributed by atoms with E-state index in [4.69, 9.17) is 4.74 Å². The molecule has 30 heavy (non-hydrogen) atoms. The molecule has 0 bridgehead atoms. The van der Waals surface area contributed by atoms with Gasteiger partial charge in [-0.1, -0.05) is 55.4 Å². The van der Waals surface area contributed by atoms with E-state index in [-0.39, 0.29) is 18.3 Å². The second-order valence-corrected chi connectivity index (χ2v) is 8.75. The average Bonchev–Trinajstić information content (AvgIpc) is 2.66. The van der Waals surface area contributed by atoms with Gasteiger partial charge >= 0.3 is 5.97 Å². The van der Waals surface area contributed by atoms with E-state index in [2.05, 4.69) is 10.6 Å². The standard InChI is InChI=1S/C21H30N2O6S/c1-5-9-17(30-14(2)24)18(25)23-21(3,4)20(28)22-16(19(26)27)13-29-12-15-10-7-6-8-11-15/h6-8,10-11,16-17H,5,9,12-13H2,1-4H3,(H,22,28)(H,23,25)(H,26,27)/t16-,17-/m0/s1. The quantitative estimate of drug-likeness (QED) is 0.457. The molecular formula is C21H30N2O6S. The summed E-state index contributed by atoms with van der Waals surface area (Å²) in [6, 6.07) is 7.97. The Labute approximate surface area is 181 Å². The minimum Gasteiger partial charge on any atom is -0.480 e. The highest BCUT2D eigenvalue weighted by atomic mass is 32.2. The SMILES string of the molecule is CCC[C@H](SC(C)=O)C(=O)NC(C)(C)C(=O)N[C@@H](COCc1ccccc1)C(=O)O. The molecule has 2 amide bonds. The summed E-state index contributed by atoms with van der Waals surface area (Å²) in [6.45, 7) is 6.22. The minimum atomic E-state index is -1.37. The lowest BCUT2D eigenvalue weighted by atomic mass is 10.0. The van der Waals surface area contributed by atoms with E-state index >= 15 is 0 Å². The lowest BCUT2D eigenvalue weighted by Crippen LogP contribution is -2.59. The molecule has 166 valence electrons. The monoisotopic (exact) mass is 438 g/mol. The highest BCUT2D eigenvalue weighted by Gasteiger charge is 2.35. The van der Waals surface area contributed by atoms with Gasteiger partial charge in [0.15, 0.2) is 11.2 Å². The van der Waals surface area contributed by atoms with E-state index in [0.717, 1.165) is 17.3 Å². The molecule has 0 aliphatic rings. The Bertz CT molecular complexity index is 738. The first-order valence-electron chi connectivity index (χ1n) is 9.71. The van der Waals surface area contributed by atoms with Crippen molar-refractivity contribution in [3.8, 4) is 0 Å². The van der Waals surface area contributed by atoms with Crippen molar-refractivity contribution < 1.29 is 29.0 Å². The second kappa shape index (κ2) is 12.3. The van der Waals surface area contributed by atoms with Crippen LogP contribution in [0.4, 0.5) is 0 Å². The van der Waals surface area contributed by atoms with Gasteiger partial charge in [0.2, 0.25) is 11.8 Å². The van der Waals surface area contributed by atoms with Crippen LogP contribution in [0, 0.1) is 0 Å². The summed E-state index contributed by atoms with van der Waals surface area (Å²) in [7, 11) is 0. The van der Waals surface area contributed by atoms with Gasteiger partial charge in [0, 0.05) is 6.92 Å². The van der Waals surface area contributed by atoms with Crippen molar-refractivity contribution in [2.75, 3.05) is 6.61 Å². The van der Waals surface area contributed by atoms with Gasteiger partial charge in [0.05, 0.1) is 18.5 Å². The third-order valence-electron chi connectivity index (χ3n) is 4.15. The molecule has 0 saturated heterocycles. The summed E-state index contributed by atoms with van der Waals surface area (Å²) in [5, 5.41) is 13.6. The van der Waals surface area contributed by atoms with Crippen LogP contribution in [-0.4, -0.2) is 51.4 Å². The van der Waals surface area contributed by atoms with Crippen molar-refractivity contribution in [3.05, 3.63) is 35.9 Å². The predicted octanol–water partition coefficient (Wildman–Crippen LogP) is 2.12. The number of aliphatic carboxylic acids is 1. The van der Waals surface area contributed by atoms with Gasteiger partial charge in [-0.15, -0.1) is 0 Å².